The Labute approximate surface area is 104 Å². The van der Waals surface area contributed by atoms with E-state index in [1.54, 1.807) is 35.3 Å². The van der Waals surface area contributed by atoms with Crippen molar-refractivity contribution in [1.29, 1.82) is 0 Å². The molecule has 2 aromatic rings. The Balaban J connectivity index is 1.85. The highest BCUT2D eigenvalue weighted by atomic mass is 16.6. The van der Waals surface area contributed by atoms with Gasteiger partial charge in [-0.1, -0.05) is 23.4 Å². The third-order valence-electron chi connectivity index (χ3n) is 2.49. The second-order valence-electron chi connectivity index (χ2n) is 3.73. The summed E-state index contributed by atoms with van der Waals surface area (Å²) in [6, 6.07) is 6.72. The first-order valence-corrected chi connectivity index (χ1v) is 5.54. The Kier molecular flexibility index (Phi) is 3.98. The minimum Gasteiger partial charge on any atom is -0.311 e. The van der Waals surface area contributed by atoms with Gasteiger partial charge in [-0.05, 0) is 0 Å². The maximum Gasteiger partial charge on any atom is 0.273 e. The van der Waals surface area contributed by atoms with Crippen molar-refractivity contribution in [3.63, 3.8) is 0 Å². The first kappa shape index (κ1) is 12.2. The molecule has 1 heterocycles. The van der Waals surface area contributed by atoms with Crippen molar-refractivity contribution in [3.05, 3.63) is 52.3 Å². The van der Waals surface area contributed by atoms with Gasteiger partial charge < -0.3 is 5.32 Å². The van der Waals surface area contributed by atoms with E-state index in [4.69, 9.17) is 0 Å². The van der Waals surface area contributed by atoms with Gasteiger partial charge in [0.1, 0.15) is 0 Å². The predicted molar refractivity (Wildman–Crippen MR) is 64.8 cm³/mol. The smallest absolute Gasteiger partial charge is 0.273 e. The average Bonchev–Trinajstić information content (AvgIpc) is 2.88. The maximum absolute atomic E-state index is 10.8. The van der Waals surface area contributed by atoms with E-state index in [-0.39, 0.29) is 10.6 Å². The van der Waals surface area contributed by atoms with E-state index in [1.807, 2.05) is 0 Å². The van der Waals surface area contributed by atoms with Gasteiger partial charge in [-0.25, -0.2) is 0 Å². The number of hydrogen-bond donors (Lipinski definition) is 1. The highest BCUT2D eigenvalue weighted by Crippen LogP contribution is 2.16. The predicted octanol–water partition coefficient (Wildman–Crippen LogP) is 0.976. The van der Waals surface area contributed by atoms with E-state index in [0.717, 1.165) is 0 Å². The number of aromatic nitrogens is 3. The van der Waals surface area contributed by atoms with Gasteiger partial charge in [-0.3, -0.25) is 14.8 Å². The zero-order chi connectivity index (χ0) is 12.8. The molecule has 0 unspecified atom stereocenters. The topological polar surface area (TPSA) is 85.9 Å². The molecule has 0 bridgehead atoms. The molecule has 18 heavy (non-hydrogen) atoms. The normalized spacial score (nSPS) is 10.4. The molecule has 7 heteroatoms. The molecule has 0 saturated heterocycles. The Morgan fingerprint density at radius 1 is 1.39 bits per heavy atom. The molecule has 94 valence electrons. The monoisotopic (exact) mass is 247 g/mol. The lowest BCUT2D eigenvalue weighted by Gasteiger charge is -2.05. The van der Waals surface area contributed by atoms with E-state index in [9.17, 15) is 10.1 Å². The van der Waals surface area contributed by atoms with E-state index < -0.39 is 0 Å². The zero-order valence-electron chi connectivity index (χ0n) is 9.69. The highest BCUT2D eigenvalue weighted by molar-refractivity contribution is 5.39. The Morgan fingerprint density at radius 2 is 2.22 bits per heavy atom. The van der Waals surface area contributed by atoms with Gasteiger partial charge in [-0.15, -0.1) is 5.10 Å². The van der Waals surface area contributed by atoms with Gasteiger partial charge in [0, 0.05) is 30.9 Å². The van der Waals surface area contributed by atoms with Gasteiger partial charge in [-0.2, -0.15) is 0 Å². The Morgan fingerprint density at radius 3 is 2.94 bits per heavy atom. The van der Waals surface area contributed by atoms with Crippen LogP contribution < -0.4 is 5.32 Å². The van der Waals surface area contributed by atoms with Gasteiger partial charge in [0.25, 0.3) is 5.69 Å². The van der Waals surface area contributed by atoms with Gasteiger partial charge >= 0.3 is 0 Å². The lowest BCUT2D eigenvalue weighted by Crippen LogP contribution is -2.20. The molecular weight excluding hydrogens is 234 g/mol. The van der Waals surface area contributed by atoms with Crippen LogP contribution in [0.4, 0.5) is 5.69 Å². The molecule has 0 spiro atoms. The molecule has 2 rings (SSSR count). The molecule has 1 aromatic heterocycles. The number of nitrogens with zero attached hydrogens (tertiary/aromatic N) is 4. The lowest BCUT2D eigenvalue weighted by atomic mass is 10.2. The fourth-order valence-corrected chi connectivity index (χ4v) is 1.61. The molecule has 0 saturated carbocycles. The van der Waals surface area contributed by atoms with E-state index in [1.165, 1.54) is 6.07 Å². The fraction of sp³-hybridized carbons (Fsp3) is 0.273. The zero-order valence-corrected chi connectivity index (χ0v) is 9.69. The molecule has 0 radical (unpaired) electrons. The lowest BCUT2D eigenvalue weighted by molar-refractivity contribution is -0.385. The summed E-state index contributed by atoms with van der Waals surface area (Å²) >= 11 is 0. The van der Waals surface area contributed by atoms with E-state index in [0.29, 0.717) is 25.2 Å². The molecule has 0 aliphatic heterocycles. The number of rotatable bonds is 6. The summed E-state index contributed by atoms with van der Waals surface area (Å²) in [4.78, 5) is 10.4. The van der Waals surface area contributed by atoms with Gasteiger partial charge in [0.15, 0.2) is 0 Å². The Bertz CT molecular complexity index is 512. The first-order valence-electron chi connectivity index (χ1n) is 5.54. The number of para-hydroxylation sites is 1. The molecule has 7 nitrogen and oxygen atoms in total. The molecule has 0 amide bonds. The fourth-order valence-electron chi connectivity index (χ4n) is 1.61. The molecule has 1 N–H and O–H groups in total. The summed E-state index contributed by atoms with van der Waals surface area (Å²) in [5, 5.41) is 21.5. The van der Waals surface area contributed by atoms with Crippen LogP contribution in [0.2, 0.25) is 0 Å². The van der Waals surface area contributed by atoms with Crippen molar-refractivity contribution < 1.29 is 4.92 Å². The molecule has 0 atom stereocenters. The molecular formula is C11H13N5O2. The van der Waals surface area contributed by atoms with Crippen molar-refractivity contribution >= 4 is 5.69 Å². The summed E-state index contributed by atoms with van der Waals surface area (Å²) in [6.07, 6.45) is 3.38. The van der Waals surface area contributed by atoms with Crippen LogP contribution in [0.15, 0.2) is 36.7 Å². The van der Waals surface area contributed by atoms with Crippen molar-refractivity contribution in [2.45, 2.75) is 13.1 Å². The maximum atomic E-state index is 10.8. The Hall–Kier alpha value is -2.28. The number of nitro benzene ring substituents is 1. The van der Waals surface area contributed by atoms with E-state index in [2.05, 4.69) is 15.6 Å². The van der Waals surface area contributed by atoms with Crippen molar-refractivity contribution in [3.8, 4) is 0 Å². The average molecular weight is 247 g/mol. The highest BCUT2D eigenvalue weighted by Gasteiger charge is 2.10. The number of hydrogen-bond acceptors (Lipinski definition) is 5. The van der Waals surface area contributed by atoms with Crippen molar-refractivity contribution in [2.75, 3.05) is 6.54 Å². The van der Waals surface area contributed by atoms with Crippen LogP contribution in [0, 0.1) is 10.1 Å². The standard InChI is InChI=1S/C11H13N5O2/c17-16(18)11-4-2-1-3-10(11)9-12-5-7-15-8-6-13-14-15/h1-4,6,8,12H,5,7,9H2. The minimum absolute atomic E-state index is 0.144. The summed E-state index contributed by atoms with van der Waals surface area (Å²) in [6.45, 7) is 1.82. The quantitative estimate of drug-likeness (QED) is 0.467. The molecule has 0 aliphatic rings. The first-order chi connectivity index (χ1) is 8.77. The van der Waals surface area contributed by atoms with Crippen LogP contribution >= 0.6 is 0 Å². The third-order valence-corrected chi connectivity index (χ3v) is 2.49. The molecule has 0 fully saturated rings. The minimum atomic E-state index is -0.367. The molecule has 1 aromatic carbocycles. The number of nitro groups is 1. The van der Waals surface area contributed by atoms with Crippen LogP contribution in [0.5, 0.6) is 0 Å². The summed E-state index contributed by atoms with van der Waals surface area (Å²) < 4.78 is 1.70. The summed E-state index contributed by atoms with van der Waals surface area (Å²) in [7, 11) is 0. The summed E-state index contributed by atoms with van der Waals surface area (Å²) in [5.74, 6) is 0. The molecule has 0 aliphatic carbocycles. The van der Waals surface area contributed by atoms with Crippen molar-refractivity contribution in [2.24, 2.45) is 0 Å². The number of nitrogens with one attached hydrogen (secondary N) is 1. The van der Waals surface area contributed by atoms with Gasteiger partial charge in [0.2, 0.25) is 0 Å². The second-order valence-corrected chi connectivity index (χ2v) is 3.73. The van der Waals surface area contributed by atoms with Crippen molar-refractivity contribution in [1.82, 2.24) is 20.3 Å². The SMILES string of the molecule is O=[N+]([O-])c1ccccc1CNCCn1ccnn1. The van der Waals surface area contributed by atoms with Crippen LogP contribution in [0.1, 0.15) is 5.56 Å². The number of benzene rings is 1. The van der Waals surface area contributed by atoms with Crippen LogP contribution in [0.3, 0.4) is 0 Å². The summed E-state index contributed by atoms with van der Waals surface area (Å²) in [5.41, 5.74) is 0.826. The van der Waals surface area contributed by atoms with Crippen LogP contribution in [0.25, 0.3) is 0 Å². The largest absolute Gasteiger partial charge is 0.311 e. The van der Waals surface area contributed by atoms with Crippen LogP contribution in [-0.4, -0.2) is 26.5 Å². The second kappa shape index (κ2) is 5.87. The van der Waals surface area contributed by atoms with E-state index >= 15 is 0 Å². The van der Waals surface area contributed by atoms with Gasteiger partial charge in [0.05, 0.1) is 17.7 Å². The third kappa shape index (κ3) is 3.11. The van der Waals surface area contributed by atoms with Crippen LogP contribution in [-0.2, 0) is 13.1 Å².